The van der Waals surface area contributed by atoms with E-state index < -0.39 is 0 Å². The van der Waals surface area contributed by atoms with Crippen molar-refractivity contribution in [1.29, 1.82) is 0 Å². The normalized spacial score (nSPS) is 12.6. The van der Waals surface area contributed by atoms with Crippen molar-refractivity contribution in [2.75, 3.05) is 12.1 Å². The van der Waals surface area contributed by atoms with Crippen LogP contribution in [0.15, 0.2) is 47.1 Å². The fourth-order valence-corrected chi connectivity index (χ4v) is 2.16. The Kier molecular flexibility index (Phi) is 3.87. The molecule has 1 amide bonds. The van der Waals surface area contributed by atoms with Crippen LogP contribution in [0.5, 0.6) is 11.5 Å². The molecule has 6 heteroatoms. The predicted molar refractivity (Wildman–Crippen MR) is 82.2 cm³/mol. The summed E-state index contributed by atoms with van der Waals surface area (Å²) in [6, 6.07) is 9.01. The zero-order chi connectivity index (χ0) is 14.7. The minimum atomic E-state index is -0.252. The highest BCUT2D eigenvalue weighted by Crippen LogP contribution is 2.32. The standard InChI is InChI=1S/C15H11BrN2O3/c16-11-5-6-17-14(8-11)18-15(19)4-2-10-1-3-12-13(7-10)21-9-20-12/h1-8H,9H2,(H,17,18,19)/b4-2+. The Morgan fingerprint density at radius 2 is 2.10 bits per heavy atom. The average molecular weight is 347 g/mol. The fraction of sp³-hybridized carbons (Fsp3) is 0.0667. The second kappa shape index (κ2) is 5.97. The topological polar surface area (TPSA) is 60.5 Å². The number of fused-ring (bicyclic) bond motifs is 1. The zero-order valence-corrected chi connectivity index (χ0v) is 12.5. The molecule has 21 heavy (non-hydrogen) atoms. The summed E-state index contributed by atoms with van der Waals surface area (Å²) < 4.78 is 11.4. The second-order valence-electron chi connectivity index (χ2n) is 4.29. The summed E-state index contributed by atoms with van der Waals surface area (Å²) in [5.74, 6) is 1.64. The average Bonchev–Trinajstić information content (AvgIpc) is 2.92. The van der Waals surface area contributed by atoms with E-state index in [0.717, 1.165) is 15.8 Å². The van der Waals surface area contributed by atoms with Gasteiger partial charge in [-0.1, -0.05) is 22.0 Å². The van der Waals surface area contributed by atoms with E-state index in [-0.39, 0.29) is 12.7 Å². The van der Waals surface area contributed by atoms with Gasteiger partial charge in [-0.2, -0.15) is 0 Å². The third kappa shape index (κ3) is 3.41. The van der Waals surface area contributed by atoms with Gasteiger partial charge >= 0.3 is 0 Å². The quantitative estimate of drug-likeness (QED) is 0.866. The van der Waals surface area contributed by atoms with E-state index in [2.05, 4.69) is 26.2 Å². The van der Waals surface area contributed by atoms with Crippen molar-refractivity contribution in [3.05, 3.63) is 52.6 Å². The van der Waals surface area contributed by atoms with Gasteiger partial charge < -0.3 is 14.8 Å². The zero-order valence-electron chi connectivity index (χ0n) is 10.9. The van der Waals surface area contributed by atoms with Crippen molar-refractivity contribution in [1.82, 2.24) is 4.98 Å². The van der Waals surface area contributed by atoms with E-state index in [1.54, 1.807) is 24.4 Å². The van der Waals surface area contributed by atoms with Gasteiger partial charge in [0.25, 0.3) is 0 Å². The van der Waals surface area contributed by atoms with Crippen molar-refractivity contribution in [2.24, 2.45) is 0 Å². The number of amides is 1. The van der Waals surface area contributed by atoms with Crippen LogP contribution in [-0.4, -0.2) is 17.7 Å². The molecule has 0 spiro atoms. The maximum absolute atomic E-state index is 11.8. The van der Waals surface area contributed by atoms with Crippen LogP contribution in [0.1, 0.15) is 5.56 Å². The number of carbonyl (C=O) groups excluding carboxylic acids is 1. The smallest absolute Gasteiger partial charge is 0.249 e. The first kappa shape index (κ1) is 13.6. The number of hydrogen-bond donors (Lipinski definition) is 1. The molecule has 0 radical (unpaired) electrons. The molecular weight excluding hydrogens is 336 g/mol. The van der Waals surface area contributed by atoms with Crippen LogP contribution in [0.4, 0.5) is 5.82 Å². The number of hydrogen-bond acceptors (Lipinski definition) is 4. The first-order valence-corrected chi connectivity index (χ1v) is 7.00. The van der Waals surface area contributed by atoms with Crippen LogP contribution in [0.25, 0.3) is 6.08 Å². The molecule has 1 N–H and O–H groups in total. The maximum Gasteiger partial charge on any atom is 0.249 e. The molecule has 0 atom stereocenters. The molecule has 0 bridgehead atoms. The van der Waals surface area contributed by atoms with E-state index >= 15 is 0 Å². The van der Waals surface area contributed by atoms with Gasteiger partial charge in [0.2, 0.25) is 12.7 Å². The molecule has 5 nitrogen and oxygen atoms in total. The van der Waals surface area contributed by atoms with E-state index in [4.69, 9.17) is 9.47 Å². The van der Waals surface area contributed by atoms with Crippen molar-refractivity contribution < 1.29 is 14.3 Å². The number of rotatable bonds is 3. The molecule has 0 fully saturated rings. The van der Waals surface area contributed by atoms with Crippen molar-refractivity contribution in [2.45, 2.75) is 0 Å². The van der Waals surface area contributed by atoms with Gasteiger partial charge in [0.05, 0.1) is 0 Å². The molecule has 0 aliphatic carbocycles. The Balaban J connectivity index is 1.67. The minimum absolute atomic E-state index is 0.234. The number of benzene rings is 1. The highest BCUT2D eigenvalue weighted by molar-refractivity contribution is 9.10. The van der Waals surface area contributed by atoms with Crippen molar-refractivity contribution in [3.8, 4) is 11.5 Å². The molecule has 1 aliphatic rings. The Bertz CT molecular complexity index is 716. The largest absolute Gasteiger partial charge is 0.454 e. The molecule has 3 rings (SSSR count). The minimum Gasteiger partial charge on any atom is -0.454 e. The van der Waals surface area contributed by atoms with Gasteiger partial charge in [0.1, 0.15) is 5.82 Å². The number of halogens is 1. The van der Waals surface area contributed by atoms with Crippen LogP contribution >= 0.6 is 15.9 Å². The number of carbonyl (C=O) groups is 1. The van der Waals surface area contributed by atoms with Gasteiger partial charge in [-0.05, 0) is 35.9 Å². The maximum atomic E-state index is 11.8. The summed E-state index contributed by atoms with van der Waals surface area (Å²) in [5.41, 5.74) is 0.858. The lowest BCUT2D eigenvalue weighted by Gasteiger charge is -2.01. The summed E-state index contributed by atoms with van der Waals surface area (Å²) in [6.07, 6.45) is 4.76. The van der Waals surface area contributed by atoms with Gasteiger partial charge in [-0.15, -0.1) is 0 Å². The Morgan fingerprint density at radius 3 is 2.95 bits per heavy atom. The van der Waals surface area contributed by atoms with Gasteiger partial charge in [-0.25, -0.2) is 4.98 Å². The lowest BCUT2D eigenvalue weighted by Crippen LogP contribution is -2.08. The first-order valence-electron chi connectivity index (χ1n) is 6.21. The molecule has 106 valence electrons. The van der Waals surface area contributed by atoms with Crippen LogP contribution < -0.4 is 14.8 Å². The Hall–Kier alpha value is -2.34. The van der Waals surface area contributed by atoms with E-state index in [0.29, 0.717) is 11.6 Å². The molecule has 1 aromatic heterocycles. The second-order valence-corrected chi connectivity index (χ2v) is 5.21. The molecule has 0 saturated carbocycles. The molecule has 0 saturated heterocycles. The molecule has 1 aromatic carbocycles. The third-order valence-electron chi connectivity index (χ3n) is 2.80. The number of ether oxygens (including phenoxy) is 2. The van der Waals surface area contributed by atoms with E-state index in [1.165, 1.54) is 6.08 Å². The molecule has 2 aromatic rings. The molecule has 0 unspecified atom stereocenters. The summed E-state index contributed by atoms with van der Waals surface area (Å²) in [4.78, 5) is 15.9. The Morgan fingerprint density at radius 1 is 1.24 bits per heavy atom. The van der Waals surface area contributed by atoms with Gasteiger partial charge in [0.15, 0.2) is 11.5 Å². The van der Waals surface area contributed by atoms with Crippen molar-refractivity contribution >= 4 is 33.7 Å². The van der Waals surface area contributed by atoms with Gasteiger partial charge in [0, 0.05) is 16.7 Å². The van der Waals surface area contributed by atoms with Gasteiger partial charge in [-0.3, -0.25) is 4.79 Å². The van der Waals surface area contributed by atoms with Crippen molar-refractivity contribution in [3.63, 3.8) is 0 Å². The lowest BCUT2D eigenvalue weighted by molar-refractivity contribution is -0.111. The molecular formula is C15H11BrN2O3. The van der Waals surface area contributed by atoms with Crippen LogP contribution in [-0.2, 0) is 4.79 Å². The summed E-state index contributed by atoms with van der Waals surface area (Å²) in [6.45, 7) is 0.234. The van der Waals surface area contributed by atoms with Crippen LogP contribution in [0, 0.1) is 0 Å². The SMILES string of the molecule is O=C(/C=C/c1ccc2c(c1)OCO2)Nc1cc(Br)ccn1. The summed E-state index contributed by atoms with van der Waals surface area (Å²) in [5, 5.41) is 2.68. The molecule has 1 aliphatic heterocycles. The van der Waals surface area contributed by atoms with Crippen LogP contribution in [0.2, 0.25) is 0 Å². The number of aromatic nitrogens is 1. The van der Waals surface area contributed by atoms with E-state index in [1.807, 2.05) is 18.2 Å². The summed E-state index contributed by atoms with van der Waals surface area (Å²) in [7, 11) is 0. The summed E-state index contributed by atoms with van der Waals surface area (Å²) >= 11 is 3.32. The highest BCUT2D eigenvalue weighted by Gasteiger charge is 2.12. The highest BCUT2D eigenvalue weighted by atomic mass is 79.9. The monoisotopic (exact) mass is 346 g/mol. The lowest BCUT2D eigenvalue weighted by atomic mass is 10.2. The van der Waals surface area contributed by atoms with Crippen LogP contribution in [0.3, 0.4) is 0 Å². The first-order chi connectivity index (χ1) is 10.2. The number of anilines is 1. The Labute approximate surface area is 129 Å². The number of nitrogens with zero attached hydrogens (tertiary/aromatic N) is 1. The predicted octanol–water partition coefficient (Wildman–Crippen LogP) is 3.22. The fourth-order valence-electron chi connectivity index (χ4n) is 1.83. The van der Waals surface area contributed by atoms with E-state index in [9.17, 15) is 4.79 Å². The molecule has 2 heterocycles. The number of pyridine rings is 1. The number of nitrogens with one attached hydrogen (secondary N) is 1. The third-order valence-corrected chi connectivity index (χ3v) is 3.29.